The quantitative estimate of drug-likeness (QED) is 0.486. The fraction of sp³-hybridized carbons (Fsp3) is 0.765. The fourth-order valence-electron chi connectivity index (χ4n) is 3.79. The average Bonchev–Trinajstić information content (AvgIpc) is 2.53. The SMILES string of the molecule is CCCCC1=C[Si](C)(C)C([Si](C)(C)C)=C1CCCC. The summed E-state index contributed by atoms with van der Waals surface area (Å²) in [5, 5.41) is 0. The minimum Gasteiger partial charge on any atom is -0.0874 e. The third-order valence-electron chi connectivity index (χ3n) is 4.20. The van der Waals surface area contributed by atoms with Gasteiger partial charge in [-0.15, -0.1) is 0 Å². The molecule has 0 aromatic heterocycles. The van der Waals surface area contributed by atoms with Crippen molar-refractivity contribution in [1.29, 1.82) is 0 Å². The normalized spacial score (nSPS) is 19.0. The Bertz CT molecular complexity index is 367. The molecule has 0 spiro atoms. The van der Waals surface area contributed by atoms with Crippen molar-refractivity contribution in [2.24, 2.45) is 0 Å². The zero-order valence-electron chi connectivity index (χ0n) is 14.3. The van der Waals surface area contributed by atoms with Crippen molar-refractivity contribution in [2.45, 2.75) is 85.1 Å². The molecule has 1 aliphatic heterocycles. The van der Waals surface area contributed by atoms with Gasteiger partial charge in [-0.1, -0.05) is 81.1 Å². The van der Waals surface area contributed by atoms with Crippen LogP contribution in [-0.4, -0.2) is 16.1 Å². The van der Waals surface area contributed by atoms with E-state index in [1.165, 1.54) is 38.5 Å². The van der Waals surface area contributed by atoms with Gasteiger partial charge in [0.2, 0.25) is 0 Å². The van der Waals surface area contributed by atoms with E-state index in [2.05, 4.69) is 52.3 Å². The molecular formula is C17H34Si2. The number of hydrogen-bond acceptors (Lipinski definition) is 0. The highest BCUT2D eigenvalue weighted by Gasteiger charge is 2.40. The maximum absolute atomic E-state index is 2.74. The minimum absolute atomic E-state index is 1.16. The van der Waals surface area contributed by atoms with Crippen LogP contribution in [0.5, 0.6) is 0 Å². The van der Waals surface area contributed by atoms with Crippen molar-refractivity contribution in [3.05, 3.63) is 21.7 Å². The van der Waals surface area contributed by atoms with Crippen LogP contribution in [0.4, 0.5) is 0 Å². The molecule has 0 saturated carbocycles. The molecule has 0 aromatic rings. The zero-order valence-corrected chi connectivity index (χ0v) is 16.3. The lowest BCUT2D eigenvalue weighted by molar-refractivity contribution is 0.755. The van der Waals surface area contributed by atoms with E-state index < -0.39 is 16.1 Å². The van der Waals surface area contributed by atoms with Gasteiger partial charge in [-0.3, -0.25) is 0 Å². The lowest BCUT2D eigenvalue weighted by Gasteiger charge is -2.31. The Hall–Kier alpha value is -0.0862. The van der Waals surface area contributed by atoms with Crippen LogP contribution in [0, 0.1) is 0 Å². The Labute approximate surface area is 123 Å². The highest BCUT2D eigenvalue weighted by Crippen LogP contribution is 2.42. The number of unbranched alkanes of at least 4 members (excludes halogenated alkanes) is 2. The van der Waals surface area contributed by atoms with E-state index in [0.29, 0.717) is 0 Å². The van der Waals surface area contributed by atoms with E-state index >= 15 is 0 Å². The summed E-state index contributed by atoms with van der Waals surface area (Å²) in [5.74, 6) is 0. The average molecular weight is 295 g/mol. The van der Waals surface area contributed by atoms with Gasteiger partial charge in [0.1, 0.15) is 0 Å². The van der Waals surface area contributed by atoms with E-state index in [0.717, 1.165) is 0 Å². The van der Waals surface area contributed by atoms with Gasteiger partial charge in [-0.25, -0.2) is 0 Å². The van der Waals surface area contributed by atoms with Crippen molar-refractivity contribution in [2.75, 3.05) is 0 Å². The topological polar surface area (TPSA) is 0 Å². The summed E-state index contributed by atoms with van der Waals surface area (Å²) in [6.07, 6.45) is 8.07. The lowest BCUT2D eigenvalue weighted by atomic mass is 9.99. The molecule has 0 atom stereocenters. The molecular weight excluding hydrogens is 260 g/mol. The first-order valence-electron chi connectivity index (χ1n) is 8.20. The van der Waals surface area contributed by atoms with Gasteiger partial charge in [0.15, 0.2) is 0 Å². The Morgan fingerprint density at radius 3 is 1.95 bits per heavy atom. The Morgan fingerprint density at radius 1 is 0.947 bits per heavy atom. The molecule has 0 bridgehead atoms. The van der Waals surface area contributed by atoms with E-state index in [4.69, 9.17) is 0 Å². The summed E-state index contributed by atoms with van der Waals surface area (Å²) >= 11 is 0. The first kappa shape index (κ1) is 17.0. The standard InChI is InChI=1S/C17H34Si2/c1-8-10-12-15-14-19(6,7)17(18(3,4)5)16(15)13-11-9-2/h14H,8-13H2,1-7H3. The van der Waals surface area contributed by atoms with Crippen LogP contribution in [0.3, 0.4) is 0 Å². The van der Waals surface area contributed by atoms with Gasteiger partial charge in [0, 0.05) is 0 Å². The molecule has 19 heavy (non-hydrogen) atoms. The van der Waals surface area contributed by atoms with Crippen molar-refractivity contribution in [3.8, 4) is 0 Å². The van der Waals surface area contributed by atoms with E-state index in [1.807, 2.05) is 10.4 Å². The molecule has 0 aliphatic carbocycles. The second-order valence-electron chi connectivity index (χ2n) is 7.70. The Balaban J connectivity index is 3.14. The van der Waals surface area contributed by atoms with E-state index in [9.17, 15) is 0 Å². The van der Waals surface area contributed by atoms with Crippen LogP contribution in [0.1, 0.15) is 52.4 Å². The molecule has 110 valence electrons. The molecule has 0 nitrogen and oxygen atoms in total. The van der Waals surface area contributed by atoms with E-state index in [-0.39, 0.29) is 0 Å². The molecule has 0 N–H and O–H groups in total. The number of rotatable bonds is 7. The summed E-state index contributed by atoms with van der Waals surface area (Å²) in [6.45, 7) is 17.4. The van der Waals surface area contributed by atoms with Crippen molar-refractivity contribution in [3.63, 3.8) is 0 Å². The maximum atomic E-state index is 2.74. The molecule has 0 radical (unpaired) electrons. The summed E-state index contributed by atoms with van der Waals surface area (Å²) in [4.78, 5) is 1.97. The largest absolute Gasteiger partial charge is 0.0955 e. The Kier molecular flexibility index (Phi) is 5.87. The van der Waals surface area contributed by atoms with Gasteiger partial charge in [0.25, 0.3) is 0 Å². The van der Waals surface area contributed by atoms with Crippen LogP contribution < -0.4 is 0 Å². The predicted molar refractivity (Wildman–Crippen MR) is 95.0 cm³/mol. The Morgan fingerprint density at radius 2 is 1.47 bits per heavy atom. The summed E-state index contributed by atoms with van der Waals surface area (Å²) in [5.41, 5.74) is 6.32. The van der Waals surface area contributed by atoms with Crippen LogP contribution in [0.15, 0.2) is 21.7 Å². The molecule has 0 fully saturated rings. The molecule has 0 aromatic carbocycles. The second-order valence-corrected chi connectivity index (χ2v) is 17.4. The fourth-order valence-corrected chi connectivity index (χ4v) is 15.3. The summed E-state index contributed by atoms with van der Waals surface area (Å²) in [7, 11) is -2.42. The van der Waals surface area contributed by atoms with Crippen molar-refractivity contribution in [1.82, 2.24) is 0 Å². The maximum Gasteiger partial charge on any atom is 0.0955 e. The van der Waals surface area contributed by atoms with E-state index in [1.54, 1.807) is 5.57 Å². The first-order valence-corrected chi connectivity index (χ1v) is 14.8. The molecule has 0 saturated heterocycles. The van der Waals surface area contributed by atoms with Crippen molar-refractivity contribution < 1.29 is 0 Å². The molecule has 1 aliphatic rings. The smallest absolute Gasteiger partial charge is 0.0874 e. The molecule has 2 heteroatoms. The third kappa shape index (κ3) is 4.19. The van der Waals surface area contributed by atoms with Gasteiger partial charge in [-0.05, 0) is 25.7 Å². The predicted octanol–water partition coefficient (Wildman–Crippen LogP) is 6.27. The molecule has 1 heterocycles. The minimum atomic E-state index is -1.25. The first-order chi connectivity index (χ1) is 8.74. The van der Waals surface area contributed by atoms with Crippen LogP contribution in [0.25, 0.3) is 0 Å². The molecule has 0 amide bonds. The summed E-state index contributed by atoms with van der Waals surface area (Å²) < 4.78 is 0. The van der Waals surface area contributed by atoms with Gasteiger partial charge in [-0.2, -0.15) is 0 Å². The third-order valence-corrected chi connectivity index (χ3v) is 12.8. The monoisotopic (exact) mass is 294 g/mol. The lowest BCUT2D eigenvalue weighted by Crippen LogP contribution is -2.40. The van der Waals surface area contributed by atoms with Crippen LogP contribution in [0.2, 0.25) is 32.7 Å². The highest BCUT2D eigenvalue weighted by atomic mass is 28.4. The number of hydrogen-bond donors (Lipinski definition) is 0. The number of allylic oxidation sites excluding steroid dienone is 2. The van der Waals surface area contributed by atoms with Crippen molar-refractivity contribution >= 4 is 16.1 Å². The molecule has 0 unspecified atom stereocenters. The van der Waals surface area contributed by atoms with Gasteiger partial charge < -0.3 is 0 Å². The summed E-state index contributed by atoms with van der Waals surface area (Å²) in [6, 6.07) is 0. The molecule has 1 rings (SSSR count). The zero-order chi connectivity index (χ0) is 14.7. The van der Waals surface area contributed by atoms with Gasteiger partial charge >= 0.3 is 0 Å². The highest BCUT2D eigenvalue weighted by molar-refractivity contribution is 7.08. The second kappa shape index (κ2) is 6.58. The van der Waals surface area contributed by atoms with Gasteiger partial charge in [0.05, 0.1) is 16.1 Å². The van der Waals surface area contributed by atoms with Crippen LogP contribution >= 0.6 is 0 Å². The van der Waals surface area contributed by atoms with Crippen LogP contribution in [-0.2, 0) is 0 Å².